The molecule has 0 spiro atoms. The Balaban J connectivity index is 3.20. The molecule has 0 unspecified atom stereocenters. The first-order valence-corrected chi connectivity index (χ1v) is 6.65. The Labute approximate surface area is 129 Å². The Bertz CT molecular complexity index is 464. The first-order chi connectivity index (χ1) is 10.6. The fraction of sp³-hybridized carbons (Fsp3) is 0.467. The number of methoxy groups -OCH3 is 2. The Morgan fingerprint density at radius 3 is 2.00 bits per heavy atom. The molecule has 7 heteroatoms. The van der Waals surface area contributed by atoms with E-state index in [1.165, 1.54) is 14.2 Å². The summed E-state index contributed by atoms with van der Waals surface area (Å²) in [5, 5.41) is 0. The Morgan fingerprint density at radius 1 is 1.00 bits per heavy atom. The van der Waals surface area contributed by atoms with Crippen LogP contribution in [0.4, 0.5) is 0 Å². The molecule has 0 radical (unpaired) electrons. The summed E-state index contributed by atoms with van der Waals surface area (Å²) in [6.07, 6.45) is 0. The van der Waals surface area contributed by atoms with E-state index in [0.717, 1.165) is 0 Å². The van der Waals surface area contributed by atoms with E-state index in [2.05, 4.69) is 0 Å². The fourth-order valence-electron chi connectivity index (χ4n) is 1.67. The molecule has 0 aliphatic heterocycles. The first kappa shape index (κ1) is 18.2. The van der Waals surface area contributed by atoms with Crippen LogP contribution in [0.1, 0.15) is 17.3 Å². The van der Waals surface area contributed by atoms with Gasteiger partial charge in [0.15, 0.2) is 13.6 Å². The topological polar surface area (TPSA) is 80.3 Å². The molecule has 0 atom stereocenters. The number of ether oxygens (including phenoxy) is 5. The van der Waals surface area contributed by atoms with Gasteiger partial charge in [-0.05, 0) is 6.92 Å². The van der Waals surface area contributed by atoms with E-state index < -0.39 is 17.5 Å². The first-order valence-electron chi connectivity index (χ1n) is 6.65. The SMILES string of the molecule is CCOC(=O)C(OCOC)(OCOC)C(=O)c1ccccc1. The summed E-state index contributed by atoms with van der Waals surface area (Å²) in [6.45, 7) is 1.01. The molecule has 0 heterocycles. The molecule has 1 aromatic rings. The fourth-order valence-corrected chi connectivity index (χ4v) is 1.67. The lowest BCUT2D eigenvalue weighted by molar-refractivity contribution is -0.266. The molecule has 0 amide bonds. The Kier molecular flexibility index (Phi) is 7.69. The van der Waals surface area contributed by atoms with Gasteiger partial charge in [-0.1, -0.05) is 30.3 Å². The van der Waals surface area contributed by atoms with Crippen LogP contribution in [0.2, 0.25) is 0 Å². The highest BCUT2D eigenvalue weighted by molar-refractivity contribution is 6.14. The number of ketones is 1. The van der Waals surface area contributed by atoms with Gasteiger partial charge >= 0.3 is 11.8 Å². The molecule has 0 fully saturated rings. The van der Waals surface area contributed by atoms with Crippen molar-refractivity contribution in [3.63, 3.8) is 0 Å². The van der Waals surface area contributed by atoms with Gasteiger partial charge in [0.05, 0.1) is 6.61 Å². The smallest absolute Gasteiger partial charge is 0.375 e. The highest BCUT2D eigenvalue weighted by Gasteiger charge is 2.51. The highest BCUT2D eigenvalue weighted by atomic mass is 16.8. The number of hydrogen-bond acceptors (Lipinski definition) is 7. The third-order valence-corrected chi connectivity index (χ3v) is 2.64. The van der Waals surface area contributed by atoms with Crippen LogP contribution in [-0.2, 0) is 28.5 Å². The number of hydrogen-bond donors (Lipinski definition) is 0. The molecular weight excluding hydrogens is 292 g/mol. The van der Waals surface area contributed by atoms with Crippen LogP contribution in [-0.4, -0.2) is 52.0 Å². The maximum atomic E-state index is 12.7. The van der Waals surface area contributed by atoms with Gasteiger partial charge in [-0.2, -0.15) is 0 Å². The number of benzene rings is 1. The lowest BCUT2D eigenvalue weighted by atomic mass is 10.0. The lowest BCUT2D eigenvalue weighted by Crippen LogP contribution is -2.53. The number of rotatable bonds is 10. The lowest BCUT2D eigenvalue weighted by Gasteiger charge is -2.29. The average molecular weight is 312 g/mol. The molecule has 22 heavy (non-hydrogen) atoms. The minimum atomic E-state index is -2.27. The standard InChI is InChI=1S/C15H20O7/c1-4-20-14(17)15(21-10-18-2,22-11-19-3)13(16)12-8-6-5-7-9-12/h5-9H,4,10-11H2,1-3H3. The summed E-state index contributed by atoms with van der Waals surface area (Å²) in [5.41, 5.74) is 0.239. The van der Waals surface area contributed by atoms with E-state index in [1.54, 1.807) is 37.3 Å². The zero-order chi connectivity index (χ0) is 16.4. The predicted octanol–water partition coefficient (Wildman–Crippen LogP) is 1.37. The second-order valence-electron chi connectivity index (χ2n) is 4.13. The molecule has 1 rings (SSSR count). The van der Waals surface area contributed by atoms with Crippen LogP contribution in [0.5, 0.6) is 0 Å². The van der Waals surface area contributed by atoms with E-state index in [0.29, 0.717) is 0 Å². The van der Waals surface area contributed by atoms with Crippen molar-refractivity contribution in [3.05, 3.63) is 35.9 Å². The largest absolute Gasteiger partial charge is 0.462 e. The van der Waals surface area contributed by atoms with Crippen molar-refractivity contribution < 1.29 is 33.3 Å². The molecular formula is C15H20O7. The van der Waals surface area contributed by atoms with Crippen molar-refractivity contribution in [1.29, 1.82) is 0 Å². The van der Waals surface area contributed by atoms with Crippen LogP contribution < -0.4 is 0 Å². The van der Waals surface area contributed by atoms with Gasteiger partial charge in [0, 0.05) is 19.8 Å². The maximum absolute atomic E-state index is 12.7. The van der Waals surface area contributed by atoms with E-state index in [-0.39, 0.29) is 25.8 Å². The second-order valence-corrected chi connectivity index (χ2v) is 4.13. The van der Waals surface area contributed by atoms with E-state index in [9.17, 15) is 9.59 Å². The number of carbonyl (C=O) groups is 2. The monoisotopic (exact) mass is 312 g/mol. The van der Waals surface area contributed by atoms with Gasteiger partial charge in [0.25, 0.3) is 0 Å². The molecule has 0 saturated heterocycles. The summed E-state index contributed by atoms with van der Waals surface area (Å²) in [5.74, 6) is -3.93. The van der Waals surface area contributed by atoms with Gasteiger partial charge in [-0.25, -0.2) is 4.79 Å². The summed E-state index contributed by atoms with van der Waals surface area (Å²) in [7, 11) is 2.72. The summed E-state index contributed by atoms with van der Waals surface area (Å²) < 4.78 is 25.0. The summed E-state index contributed by atoms with van der Waals surface area (Å²) >= 11 is 0. The summed E-state index contributed by atoms with van der Waals surface area (Å²) in [6, 6.07) is 8.16. The molecule has 0 N–H and O–H groups in total. The predicted molar refractivity (Wildman–Crippen MR) is 76.1 cm³/mol. The number of esters is 1. The van der Waals surface area contributed by atoms with Crippen molar-refractivity contribution in [2.45, 2.75) is 12.7 Å². The van der Waals surface area contributed by atoms with Crippen molar-refractivity contribution in [3.8, 4) is 0 Å². The zero-order valence-electron chi connectivity index (χ0n) is 12.9. The third kappa shape index (κ3) is 4.35. The minimum Gasteiger partial charge on any atom is -0.462 e. The van der Waals surface area contributed by atoms with Crippen LogP contribution in [0.3, 0.4) is 0 Å². The van der Waals surface area contributed by atoms with Gasteiger partial charge in [0.2, 0.25) is 5.78 Å². The van der Waals surface area contributed by atoms with Gasteiger partial charge < -0.3 is 23.7 Å². The zero-order valence-corrected chi connectivity index (χ0v) is 12.9. The number of Topliss-reactive ketones (excluding diaryl/α,β-unsaturated/α-hetero) is 1. The number of carbonyl (C=O) groups excluding carboxylic acids is 2. The van der Waals surface area contributed by atoms with Crippen LogP contribution >= 0.6 is 0 Å². The quantitative estimate of drug-likeness (QED) is 0.279. The van der Waals surface area contributed by atoms with Crippen molar-refractivity contribution >= 4 is 11.8 Å². The molecule has 122 valence electrons. The Morgan fingerprint density at radius 2 is 1.55 bits per heavy atom. The van der Waals surface area contributed by atoms with Gasteiger partial charge in [0.1, 0.15) is 0 Å². The highest BCUT2D eigenvalue weighted by Crippen LogP contribution is 2.22. The second kappa shape index (κ2) is 9.26. The van der Waals surface area contributed by atoms with Crippen molar-refractivity contribution in [2.24, 2.45) is 0 Å². The molecule has 1 aromatic carbocycles. The van der Waals surface area contributed by atoms with E-state index in [4.69, 9.17) is 23.7 Å². The van der Waals surface area contributed by atoms with Crippen LogP contribution in [0.15, 0.2) is 30.3 Å². The Hall–Kier alpha value is -1.80. The normalized spacial score (nSPS) is 11.2. The van der Waals surface area contributed by atoms with E-state index >= 15 is 0 Å². The molecule has 0 aromatic heterocycles. The molecule has 0 aliphatic rings. The average Bonchev–Trinajstić information content (AvgIpc) is 2.56. The van der Waals surface area contributed by atoms with Crippen LogP contribution in [0.25, 0.3) is 0 Å². The van der Waals surface area contributed by atoms with Gasteiger partial charge in [-0.15, -0.1) is 0 Å². The molecule has 0 saturated carbocycles. The molecule has 0 bridgehead atoms. The maximum Gasteiger partial charge on any atom is 0.375 e. The van der Waals surface area contributed by atoms with E-state index in [1.807, 2.05) is 0 Å². The third-order valence-electron chi connectivity index (χ3n) is 2.64. The molecule has 0 aliphatic carbocycles. The molecule has 7 nitrogen and oxygen atoms in total. The van der Waals surface area contributed by atoms with Crippen molar-refractivity contribution in [1.82, 2.24) is 0 Å². The minimum absolute atomic E-state index is 0.0648. The van der Waals surface area contributed by atoms with Gasteiger partial charge in [-0.3, -0.25) is 4.79 Å². The van der Waals surface area contributed by atoms with Crippen LogP contribution in [0, 0.1) is 0 Å². The van der Waals surface area contributed by atoms with Crippen molar-refractivity contribution in [2.75, 3.05) is 34.4 Å². The summed E-state index contributed by atoms with van der Waals surface area (Å²) in [4.78, 5) is 25.0.